The van der Waals surface area contributed by atoms with E-state index < -0.39 is 5.91 Å². The molecule has 0 radical (unpaired) electrons. The molecule has 2 saturated carbocycles. The molecule has 2 heterocycles. The summed E-state index contributed by atoms with van der Waals surface area (Å²) in [5, 5.41) is 11.7. The minimum atomic E-state index is -0.453. The molecule has 2 aromatic heterocycles. The molecule has 0 atom stereocenters. The summed E-state index contributed by atoms with van der Waals surface area (Å²) in [7, 11) is 1.87. The van der Waals surface area contributed by atoms with Crippen LogP contribution in [0.25, 0.3) is 5.69 Å². The molecule has 1 amide bonds. The number of carbonyl (C=O) groups is 1. The number of amides is 1. The van der Waals surface area contributed by atoms with Crippen molar-refractivity contribution in [1.29, 1.82) is 0 Å². The Hall–Kier alpha value is -2.87. The number of anilines is 1. The fourth-order valence-corrected chi connectivity index (χ4v) is 5.18. The SMILES string of the molecule is Cc1c(C(=O)Nc2c(C)n(C)n(C3CCCCC3)c2=O)nnn1-c1ccc(C2CC2)cc1Cl. The largest absolute Gasteiger partial charge is 0.314 e. The molecule has 0 unspecified atom stereocenters. The van der Waals surface area contributed by atoms with Crippen LogP contribution in [0.2, 0.25) is 5.02 Å². The second kappa shape index (κ2) is 8.48. The van der Waals surface area contributed by atoms with Crippen molar-refractivity contribution in [3.63, 3.8) is 0 Å². The fourth-order valence-electron chi connectivity index (χ4n) is 4.92. The summed E-state index contributed by atoms with van der Waals surface area (Å²) in [6.45, 7) is 3.62. The molecule has 2 aliphatic rings. The third-order valence-electron chi connectivity index (χ3n) is 7.11. The van der Waals surface area contributed by atoms with Crippen LogP contribution in [0.1, 0.15) is 84.3 Å². The maximum atomic E-state index is 13.2. The van der Waals surface area contributed by atoms with Gasteiger partial charge in [-0.2, -0.15) is 0 Å². The van der Waals surface area contributed by atoms with Crippen LogP contribution in [0.5, 0.6) is 0 Å². The average molecular weight is 469 g/mol. The second-order valence-electron chi connectivity index (χ2n) is 9.30. The Morgan fingerprint density at radius 1 is 1.09 bits per heavy atom. The van der Waals surface area contributed by atoms with Gasteiger partial charge in [-0.15, -0.1) is 5.10 Å². The zero-order valence-electron chi connectivity index (χ0n) is 19.3. The molecule has 0 saturated heterocycles. The molecule has 2 aliphatic carbocycles. The first-order valence-electron chi connectivity index (χ1n) is 11.7. The van der Waals surface area contributed by atoms with E-state index in [4.69, 9.17) is 11.6 Å². The highest BCUT2D eigenvalue weighted by molar-refractivity contribution is 6.32. The van der Waals surface area contributed by atoms with Gasteiger partial charge in [-0.25, -0.2) is 9.36 Å². The van der Waals surface area contributed by atoms with Crippen molar-refractivity contribution in [2.24, 2.45) is 7.05 Å². The second-order valence-corrected chi connectivity index (χ2v) is 9.71. The number of nitrogens with zero attached hydrogens (tertiary/aromatic N) is 5. The normalized spacial score (nSPS) is 16.8. The first-order chi connectivity index (χ1) is 15.9. The summed E-state index contributed by atoms with van der Waals surface area (Å²) in [5.74, 6) is 0.146. The number of rotatable bonds is 5. The number of nitrogens with one attached hydrogen (secondary N) is 1. The average Bonchev–Trinajstić information content (AvgIpc) is 3.56. The number of halogens is 1. The van der Waals surface area contributed by atoms with Crippen LogP contribution in [0.4, 0.5) is 5.69 Å². The maximum Gasteiger partial charge on any atom is 0.291 e. The van der Waals surface area contributed by atoms with Gasteiger partial charge >= 0.3 is 0 Å². The van der Waals surface area contributed by atoms with Gasteiger partial charge in [0.25, 0.3) is 11.5 Å². The van der Waals surface area contributed by atoms with Crippen LogP contribution in [0.3, 0.4) is 0 Å². The summed E-state index contributed by atoms with van der Waals surface area (Å²) in [4.78, 5) is 26.3. The highest BCUT2D eigenvalue weighted by Crippen LogP contribution is 2.41. The van der Waals surface area contributed by atoms with Crippen LogP contribution in [-0.4, -0.2) is 30.3 Å². The van der Waals surface area contributed by atoms with Gasteiger partial charge in [-0.3, -0.25) is 14.3 Å². The van der Waals surface area contributed by atoms with E-state index in [1.165, 1.54) is 24.8 Å². The number of benzene rings is 1. The van der Waals surface area contributed by atoms with Gasteiger partial charge < -0.3 is 5.32 Å². The number of carbonyl (C=O) groups excluding carboxylic acids is 1. The van der Waals surface area contributed by atoms with Gasteiger partial charge in [-0.05, 0) is 63.1 Å². The molecule has 1 aromatic carbocycles. The zero-order chi connectivity index (χ0) is 23.3. The summed E-state index contributed by atoms with van der Waals surface area (Å²) < 4.78 is 5.22. The molecular weight excluding hydrogens is 440 g/mol. The van der Waals surface area contributed by atoms with E-state index in [1.807, 2.05) is 30.8 Å². The lowest BCUT2D eigenvalue weighted by atomic mass is 9.96. The Balaban J connectivity index is 1.41. The summed E-state index contributed by atoms with van der Waals surface area (Å²) in [6, 6.07) is 6.12. The monoisotopic (exact) mass is 468 g/mol. The molecule has 1 N–H and O–H groups in total. The Morgan fingerprint density at radius 3 is 2.48 bits per heavy atom. The smallest absolute Gasteiger partial charge is 0.291 e. The predicted molar refractivity (Wildman–Crippen MR) is 128 cm³/mol. The Kier molecular flexibility index (Phi) is 5.64. The van der Waals surface area contributed by atoms with E-state index in [1.54, 1.807) is 16.3 Å². The van der Waals surface area contributed by atoms with Crippen molar-refractivity contribution in [2.45, 2.75) is 70.8 Å². The van der Waals surface area contributed by atoms with Gasteiger partial charge in [0.2, 0.25) is 0 Å². The molecular formula is C24H29ClN6O2. The highest BCUT2D eigenvalue weighted by atomic mass is 35.5. The van der Waals surface area contributed by atoms with Crippen LogP contribution in [0, 0.1) is 13.8 Å². The van der Waals surface area contributed by atoms with Crippen LogP contribution >= 0.6 is 11.6 Å². The van der Waals surface area contributed by atoms with E-state index in [0.29, 0.717) is 28.0 Å². The summed E-state index contributed by atoms with van der Waals surface area (Å²) in [5.41, 5.74) is 3.50. The predicted octanol–water partition coefficient (Wildman–Crippen LogP) is 4.67. The van der Waals surface area contributed by atoms with Gasteiger partial charge in [0.1, 0.15) is 5.69 Å². The molecule has 5 rings (SSSR count). The van der Waals surface area contributed by atoms with Gasteiger partial charge in [0.15, 0.2) is 5.69 Å². The molecule has 0 bridgehead atoms. The molecule has 174 valence electrons. The van der Waals surface area contributed by atoms with E-state index in [0.717, 1.165) is 31.4 Å². The van der Waals surface area contributed by atoms with Crippen LogP contribution in [0.15, 0.2) is 23.0 Å². The van der Waals surface area contributed by atoms with Gasteiger partial charge in [0.05, 0.1) is 28.1 Å². The Morgan fingerprint density at radius 2 is 1.82 bits per heavy atom. The van der Waals surface area contributed by atoms with E-state index >= 15 is 0 Å². The molecule has 0 aliphatic heterocycles. The third kappa shape index (κ3) is 3.90. The van der Waals surface area contributed by atoms with Crippen molar-refractivity contribution in [2.75, 3.05) is 5.32 Å². The van der Waals surface area contributed by atoms with E-state index in [9.17, 15) is 9.59 Å². The number of hydrogen-bond acceptors (Lipinski definition) is 4. The lowest BCUT2D eigenvalue weighted by Gasteiger charge is -2.24. The number of aromatic nitrogens is 5. The fraction of sp³-hybridized carbons (Fsp3) is 0.500. The highest BCUT2D eigenvalue weighted by Gasteiger charge is 2.27. The first kappa shape index (κ1) is 21.9. The Labute approximate surface area is 197 Å². The molecule has 8 nitrogen and oxygen atoms in total. The summed E-state index contributed by atoms with van der Waals surface area (Å²) in [6.07, 6.45) is 7.82. The van der Waals surface area contributed by atoms with Crippen molar-refractivity contribution < 1.29 is 4.79 Å². The topological polar surface area (TPSA) is 86.7 Å². The zero-order valence-corrected chi connectivity index (χ0v) is 20.0. The Bertz CT molecular complexity index is 1280. The number of hydrogen-bond donors (Lipinski definition) is 1. The molecule has 33 heavy (non-hydrogen) atoms. The molecule has 2 fully saturated rings. The maximum absolute atomic E-state index is 13.2. The third-order valence-corrected chi connectivity index (χ3v) is 7.41. The van der Waals surface area contributed by atoms with Crippen molar-refractivity contribution in [3.05, 3.63) is 56.2 Å². The molecule has 9 heteroatoms. The van der Waals surface area contributed by atoms with E-state index in [-0.39, 0.29) is 17.3 Å². The van der Waals surface area contributed by atoms with Crippen LogP contribution < -0.4 is 10.9 Å². The van der Waals surface area contributed by atoms with Gasteiger partial charge in [0, 0.05) is 7.05 Å². The van der Waals surface area contributed by atoms with Crippen molar-refractivity contribution in [1.82, 2.24) is 24.4 Å². The first-order valence-corrected chi connectivity index (χ1v) is 12.1. The van der Waals surface area contributed by atoms with Gasteiger partial charge in [-0.1, -0.05) is 42.1 Å². The quantitative estimate of drug-likeness (QED) is 0.589. The minimum absolute atomic E-state index is 0.168. The van der Waals surface area contributed by atoms with Crippen molar-refractivity contribution in [3.8, 4) is 5.69 Å². The summed E-state index contributed by atoms with van der Waals surface area (Å²) >= 11 is 6.53. The van der Waals surface area contributed by atoms with Crippen molar-refractivity contribution >= 4 is 23.2 Å². The van der Waals surface area contributed by atoms with E-state index in [2.05, 4.69) is 21.7 Å². The molecule has 3 aromatic rings. The van der Waals surface area contributed by atoms with Crippen LogP contribution in [-0.2, 0) is 7.05 Å². The lowest BCUT2D eigenvalue weighted by molar-refractivity contribution is 0.102. The standard InChI is InChI=1S/C24H29ClN6O2/c1-14-22(24(33)31(29(14)3)18-7-5-4-6-8-18)26-23(32)21-15(2)30(28-27-21)20-12-11-17(13-19(20)25)16-9-10-16/h11-13,16,18H,4-10H2,1-3H3,(H,26,32). The minimum Gasteiger partial charge on any atom is -0.314 e. The molecule has 0 spiro atoms. The lowest BCUT2D eigenvalue weighted by Crippen LogP contribution is -2.29.